The number of rotatable bonds is 4. The Morgan fingerprint density at radius 2 is 1.88 bits per heavy atom. The van der Waals surface area contributed by atoms with Crippen LogP contribution in [0.3, 0.4) is 0 Å². The zero-order valence-corrected chi connectivity index (χ0v) is 15.0. The second kappa shape index (κ2) is 9.38. The molecule has 0 nitrogen and oxygen atoms in total. The summed E-state index contributed by atoms with van der Waals surface area (Å²) >= 11 is 4.30. The van der Waals surface area contributed by atoms with E-state index in [0.29, 0.717) is 0 Å². The Morgan fingerprint density at radius 1 is 1.31 bits per heavy atom. The Bertz CT molecular complexity index is 254. The van der Waals surface area contributed by atoms with E-state index in [4.69, 9.17) is 39.0 Å². The molecule has 0 aliphatic carbocycles. The maximum atomic E-state index is 6.21. The summed E-state index contributed by atoms with van der Waals surface area (Å²) in [7, 11) is 13.6. The van der Waals surface area contributed by atoms with Crippen molar-refractivity contribution < 1.29 is 14.7 Å². The van der Waals surface area contributed by atoms with Gasteiger partial charge in [0.2, 0.25) is 0 Å². The third-order valence-electron chi connectivity index (χ3n) is 1.97. The van der Waals surface area contributed by atoms with E-state index in [-0.39, 0.29) is 0 Å². The van der Waals surface area contributed by atoms with Crippen LogP contribution in [-0.4, -0.2) is 7.38 Å². The van der Waals surface area contributed by atoms with Gasteiger partial charge in [-0.3, -0.25) is 0 Å². The zero-order valence-electron chi connectivity index (χ0n) is 9.44. The van der Waals surface area contributed by atoms with Gasteiger partial charge in [0.15, 0.2) is 7.38 Å². The number of hydrogen-bond donors (Lipinski definition) is 0. The molecule has 0 spiro atoms. The number of aryl methyl sites for hydroxylation is 1. The molecule has 0 aliphatic heterocycles. The van der Waals surface area contributed by atoms with Crippen LogP contribution in [0.5, 0.6) is 0 Å². The first-order valence-corrected chi connectivity index (χ1v) is 15.7. The Kier molecular flexibility index (Phi) is 10.2. The summed E-state index contributed by atoms with van der Waals surface area (Å²) in [6.07, 6.45) is 2.43. The van der Waals surface area contributed by atoms with Crippen molar-refractivity contribution in [2.24, 2.45) is 0 Å². The van der Waals surface area contributed by atoms with Crippen molar-refractivity contribution in [3.05, 3.63) is 29.8 Å². The van der Waals surface area contributed by atoms with E-state index in [1.807, 2.05) is 0 Å². The predicted molar refractivity (Wildman–Crippen MR) is 76.1 cm³/mol. The molecule has 92 valence electrons. The van der Waals surface area contributed by atoms with Gasteiger partial charge >= 0.3 is 42.6 Å². The summed E-state index contributed by atoms with van der Waals surface area (Å²) in [5.41, 5.74) is 1.45. The SMILES string of the molecule is C[Si](C)(Cl)CCCc1ccc[cH-]1.[Cl][Ti+]([Cl])[Cl]. The second-order valence-electron chi connectivity index (χ2n) is 4.08. The molecule has 0 aromatic heterocycles. The van der Waals surface area contributed by atoms with Gasteiger partial charge in [0.1, 0.15) is 0 Å². The van der Waals surface area contributed by atoms with Gasteiger partial charge in [-0.15, -0.1) is 0 Å². The minimum atomic E-state index is -1.92. The zero-order chi connectivity index (χ0) is 12.6. The average Bonchev–Trinajstić information content (AvgIpc) is 2.52. The van der Waals surface area contributed by atoms with Crippen molar-refractivity contribution in [1.82, 2.24) is 0 Å². The molecule has 6 heteroatoms. The van der Waals surface area contributed by atoms with E-state index < -0.39 is 22.1 Å². The molecule has 0 saturated heterocycles. The van der Waals surface area contributed by atoms with Gasteiger partial charge in [0, 0.05) is 0 Å². The fraction of sp³-hybridized carbons (Fsp3) is 0.500. The summed E-state index contributed by atoms with van der Waals surface area (Å²) in [6.45, 7) is 4.42. The molecule has 0 N–H and O–H groups in total. The molecule has 1 rings (SSSR count). The molecule has 0 unspecified atom stereocenters. The first-order valence-electron chi connectivity index (χ1n) is 5.04. The van der Waals surface area contributed by atoms with E-state index in [9.17, 15) is 0 Å². The van der Waals surface area contributed by atoms with Gasteiger partial charge in [-0.2, -0.15) is 28.8 Å². The predicted octanol–water partition coefficient (Wildman–Crippen LogP) is 5.85. The van der Waals surface area contributed by atoms with Crippen LogP contribution < -0.4 is 0 Å². The molecule has 1 aromatic carbocycles. The Hall–Kier alpha value is 1.44. The summed E-state index contributed by atoms with van der Waals surface area (Å²) in [6, 6.07) is 9.78. The van der Waals surface area contributed by atoms with Gasteiger partial charge in [-0.25, -0.2) is 12.1 Å². The minimum absolute atomic E-state index is 1.19. The van der Waals surface area contributed by atoms with Crippen LogP contribution in [0, 0.1) is 0 Å². The average molecular weight is 354 g/mol. The molecule has 0 atom stereocenters. The van der Waals surface area contributed by atoms with Crippen molar-refractivity contribution in [3.63, 3.8) is 0 Å². The van der Waals surface area contributed by atoms with Crippen LogP contribution in [0.15, 0.2) is 24.3 Å². The Morgan fingerprint density at radius 3 is 2.25 bits per heavy atom. The Balaban J connectivity index is 0.000000487. The van der Waals surface area contributed by atoms with Crippen molar-refractivity contribution in [2.45, 2.75) is 32.0 Å². The van der Waals surface area contributed by atoms with Crippen LogP contribution in [0.25, 0.3) is 0 Å². The fourth-order valence-corrected chi connectivity index (χ4v) is 2.71. The summed E-state index contributed by atoms with van der Waals surface area (Å²) in [5.74, 6) is 0. The molecule has 16 heavy (non-hydrogen) atoms. The normalized spacial score (nSPS) is 10.6. The second-order valence-corrected chi connectivity index (χ2v) is 18.8. The van der Waals surface area contributed by atoms with Gasteiger partial charge in [0.05, 0.1) is 0 Å². The standard InChI is InChI=1S/C10H16ClSi.3ClH.Ti/c1-12(2,11)9-5-8-10-6-3-4-7-10;;;;/h3-4,6-7H,5,8-9H2,1-2H3;3*1H;/q-1;;;;+4/p-3. The van der Waals surface area contributed by atoms with Gasteiger partial charge in [0.25, 0.3) is 0 Å². The molecule has 0 radical (unpaired) electrons. The first kappa shape index (κ1) is 17.4. The van der Waals surface area contributed by atoms with Gasteiger partial charge in [-0.1, -0.05) is 25.9 Å². The van der Waals surface area contributed by atoms with Crippen molar-refractivity contribution in [2.75, 3.05) is 0 Å². The van der Waals surface area contributed by atoms with Gasteiger partial charge in [-0.05, 0) is 6.04 Å². The van der Waals surface area contributed by atoms with Crippen LogP contribution in [-0.2, 0) is 21.1 Å². The van der Waals surface area contributed by atoms with Crippen LogP contribution in [0.4, 0.5) is 0 Å². The third kappa shape index (κ3) is 13.5. The topological polar surface area (TPSA) is 0 Å². The quantitative estimate of drug-likeness (QED) is 0.362. The van der Waals surface area contributed by atoms with E-state index >= 15 is 0 Å². The molecule has 0 bridgehead atoms. The van der Waals surface area contributed by atoms with Crippen LogP contribution in [0.2, 0.25) is 19.1 Å². The summed E-state index contributed by atoms with van der Waals surface area (Å²) < 4.78 is 0. The molecule has 0 amide bonds. The van der Waals surface area contributed by atoms with Crippen LogP contribution in [0.1, 0.15) is 12.0 Å². The van der Waals surface area contributed by atoms with Crippen molar-refractivity contribution in [3.8, 4) is 0 Å². The summed E-state index contributed by atoms with van der Waals surface area (Å²) in [5, 5.41) is 0. The Labute approximate surface area is 122 Å². The molecular formula is C10H16Cl4SiTi. The fourth-order valence-electron chi connectivity index (χ4n) is 1.29. The molecular weight excluding hydrogens is 338 g/mol. The molecule has 0 saturated carbocycles. The van der Waals surface area contributed by atoms with Gasteiger partial charge < -0.3 is 0 Å². The molecule has 0 heterocycles. The maximum absolute atomic E-state index is 6.21. The summed E-state index contributed by atoms with van der Waals surface area (Å²) in [4.78, 5) is 0. The number of halogens is 4. The van der Waals surface area contributed by atoms with E-state index in [1.165, 1.54) is 24.4 Å². The first-order chi connectivity index (χ1) is 7.31. The number of hydrogen-bond acceptors (Lipinski definition) is 0. The monoisotopic (exact) mass is 352 g/mol. The van der Waals surface area contributed by atoms with Crippen molar-refractivity contribution in [1.29, 1.82) is 0 Å². The van der Waals surface area contributed by atoms with Crippen molar-refractivity contribution >= 4 is 46.4 Å². The molecule has 0 aliphatic rings. The van der Waals surface area contributed by atoms with E-state index in [0.717, 1.165) is 0 Å². The van der Waals surface area contributed by atoms with E-state index in [2.05, 4.69) is 37.4 Å². The third-order valence-corrected chi connectivity index (χ3v) is 4.08. The van der Waals surface area contributed by atoms with E-state index in [1.54, 1.807) is 0 Å². The van der Waals surface area contributed by atoms with Crippen LogP contribution >= 0.6 is 39.0 Å². The molecule has 0 fully saturated rings. The molecule has 1 aromatic rings.